The summed E-state index contributed by atoms with van der Waals surface area (Å²) >= 11 is 0. The van der Waals surface area contributed by atoms with Crippen LogP contribution < -0.4 is 0 Å². The van der Waals surface area contributed by atoms with Gasteiger partial charge in [-0.3, -0.25) is 0 Å². The molecule has 0 radical (unpaired) electrons. The van der Waals surface area contributed by atoms with Crippen LogP contribution in [0.15, 0.2) is 53.8 Å². The van der Waals surface area contributed by atoms with Gasteiger partial charge in [0.1, 0.15) is 0 Å². The number of aromatic carboxylic acids is 1. The Morgan fingerprint density at radius 1 is 1.23 bits per heavy atom. The third-order valence-corrected chi connectivity index (χ3v) is 4.80. The molecule has 2 heterocycles. The maximum absolute atomic E-state index is 11.5. The molecule has 0 spiro atoms. The van der Waals surface area contributed by atoms with Crippen LogP contribution in [0, 0.1) is 11.3 Å². The summed E-state index contributed by atoms with van der Waals surface area (Å²) in [4.78, 5) is 15.3. The summed E-state index contributed by atoms with van der Waals surface area (Å²) in [7, 11) is -3.31. The van der Waals surface area contributed by atoms with Gasteiger partial charge in [-0.25, -0.2) is 22.9 Å². The first-order valence-corrected chi connectivity index (χ1v) is 9.18. The largest absolute Gasteiger partial charge is 0.478 e. The number of benzene rings is 1. The fraction of sp³-hybridized carbons (Fsp3) is 0.0588. The first-order valence-electron chi connectivity index (χ1n) is 7.28. The van der Waals surface area contributed by atoms with Gasteiger partial charge in [-0.2, -0.15) is 10.4 Å². The molecule has 0 amide bonds. The summed E-state index contributed by atoms with van der Waals surface area (Å²) in [5, 5.41) is 22.3. The Labute approximate surface area is 148 Å². The number of nitriles is 1. The molecule has 8 nitrogen and oxygen atoms in total. The van der Waals surface area contributed by atoms with Gasteiger partial charge in [-0.05, 0) is 17.7 Å². The van der Waals surface area contributed by atoms with E-state index in [2.05, 4.69) is 16.2 Å². The van der Waals surface area contributed by atoms with Crippen LogP contribution in [0.25, 0.3) is 16.9 Å². The number of rotatable bonds is 4. The van der Waals surface area contributed by atoms with Gasteiger partial charge in [-0.15, -0.1) is 0 Å². The van der Waals surface area contributed by atoms with E-state index < -0.39 is 15.8 Å². The molecule has 0 bridgehead atoms. The van der Waals surface area contributed by atoms with E-state index in [0.29, 0.717) is 22.5 Å². The van der Waals surface area contributed by atoms with Gasteiger partial charge in [0.2, 0.25) is 0 Å². The molecule has 2 aromatic heterocycles. The first kappa shape index (κ1) is 17.3. The highest BCUT2D eigenvalue weighted by atomic mass is 32.2. The Balaban J connectivity index is 2.02. The van der Waals surface area contributed by atoms with E-state index in [4.69, 9.17) is 5.11 Å². The van der Waals surface area contributed by atoms with Crippen LogP contribution in [-0.2, 0) is 9.84 Å². The zero-order valence-corrected chi connectivity index (χ0v) is 14.3. The van der Waals surface area contributed by atoms with Gasteiger partial charge >= 0.3 is 5.97 Å². The van der Waals surface area contributed by atoms with Gasteiger partial charge in [0.15, 0.2) is 15.7 Å². The lowest BCUT2D eigenvalue weighted by Crippen LogP contribution is -2.00. The molecule has 1 aromatic carbocycles. The molecule has 0 atom stereocenters. The molecule has 0 saturated carbocycles. The summed E-state index contributed by atoms with van der Waals surface area (Å²) in [6.07, 6.45) is 5.07. The Morgan fingerprint density at radius 2 is 1.92 bits per heavy atom. The molecule has 0 aliphatic carbocycles. The lowest BCUT2D eigenvalue weighted by molar-refractivity contribution is 0.0697. The zero-order chi connectivity index (χ0) is 18.9. The number of pyridine rings is 1. The second-order valence-electron chi connectivity index (χ2n) is 5.48. The second kappa shape index (κ2) is 6.42. The van der Waals surface area contributed by atoms with Crippen LogP contribution in [-0.4, -0.2) is 40.5 Å². The number of hydrogen-bond donors (Lipinski definition) is 1. The second-order valence-corrected chi connectivity index (χ2v) is 7.49. The van der Waals surface area contributed by atoms with Crippen molar-refractivity contribution in [2.45, 2.75) is 4.90 Å². The minimum Gasteiger partial charge on any atom is -0.478 e. The van der Waals surface area contributed by atoms with Crippen molar-refractivity contribution in [3.05, 3.63) is 60.0 Å². The highest BCUT2D eigenvalue weighted by Crippen LogP contribution is 2.25. The molecule has 3 rings (SSSR count). The molecule has 130 valence electrons. The standard InChI is InChI=1S/C17H12N4O4S/c1-26(24,25)14-4-2-11(3-5-14)15-9-19-16(6-12(15)7-18)21-10-13(8-20-21)17(22)23/h2-6,8-10H,1H3,(H,22,23). The van der Waals surface area contributed by atoms with Crippen LogP contribution in [0.2, 0.25) is 0 Å². The van der Waals surface area contributed by atoms with Gasteiger partial charge in [0.25, 0.3) is 0 Å². The SMILES string of the molecule is CS(=O)(=O)c1ccc(-c2cnc(-n3cc(C(=O)O)cn3)cc2C#N)cc1. The fourth-order valence-electron chi connectivity index (χ4n) is 2.33. The van der Waals surface area contributed by atoms with E-state index in [1.807, 2.05) is 0 Å². The molecule has 9 heteroatoms. The van der Waals surface area contributed by atoms with Gasteiger partial charge < -0.3 is 5.11 Å². The van der Waals surface area contributed by atoms with E-state index in [1.54, 1.807) is 12.1 Å². The van der Waals surface area contributed by atoms with Crippen molar-refractivity contribution in [3.8, 4) is 23.0 Å². The number of carbonyl (C=O) groups is 1. The highest BCUT2D eigenvalue weighted by molar-refractivity contribution is 7.90. The molecular weight excluding hydrogens is 356 g/mol. The third kappa shape index (κ3) is 3.31. The van der Waals surface area contributed by atoms with Gasteiger partial charge in [-0.1, -0.05) is 12.1 Å². The van der Waals surface area contributed by atoms with Crippen molar-refractivity contribution >= 4 is 15.8 Å². The number of aromatic nitrogens is 3. The Hall–Kier alpha value is -3.51. The molecule has 3 aromatic rings. The van der Waals surface area contributed by atoms with Crippen molar-refractivity contribution < 1.29 is 18.3 Å². The van der Waals surface area contributed by atoms with Crippen molar-refractivity contribution in [2.24, 2.45) is 0 Å². The van der Waals surface area contributed by atoms with Crippen molar-refractivity contribution in [3.63, 3.8) is 0 Å². The van der Waals surface area contributed by atoms with Crippen LogP contribution >= 0.6 is 0 Å². The monoisotopic (exact) mass is 368 g/mol. The average molecular weight is 368 g/mol. The topological polar surface area (TPSA) is 126 Å². The Bertz CT molecular complexity index is 1140. The third-order valence-electron chi connectivity index (χ3n) is 3.67. The van der Waals surface area contributed by atoms with E-state index in [9.17, 15) is 18.5 Å². The maximum Gasteiger partial charge on any atom is 0.338 e. The normalized spacial score (nSPS) is 11.1. The van der Waals surface area contributed by atoms with Crippen molar-refractivity contribution in [2.75, 3.05) is 6.26 Å². The average Bonchev–Trinajstić information content (AvgIpc) is 3.11. The quantitative estimate of drug-likeness (QED) is 0.745. The van der Waals surface area contributed by atoms with Crippen molar-refractivity contribution in [1.82, 2.24) is 14.8 Å². The Kier molecular flexibility index (Phi) is 4.28. The van der Waals surface area contributed by atoms with E-state index in [-0.39, 0.29) is 10.5 Å². The van der Waals surface area contributed by atoms with Crippen LogP contribution in [0.4, 0.5) is 0 Å². The molecule has 26 heavy (non-hydrogen) atoms. The minimum absolute atomic E-state index is 0.00532. The fourth-order valence-corrected chi connectivity index (χ4v) is 2.96. The number of carboxylic acid groups (broad SMARTS) is 1. The molecule has 0 aliphatic rings. The molecule has 1 N–H and O–H groups in total. The molecule has 0 saturated heterocycles. The number of carboxylic acids is 1. The summed E-state index contributed by atoms with van der Waals surface area (Å²) in [5.74, 6) is -0.815. The number of nitrogens with zero attached hydrogens (tertiary/aromatic N) is 4. The molecule has 0 fully saturated rings. The van der Waals surface area contributed by atoms with E-state index in [1.165, 1.54) is 41.5 Å². The van der Waals surface area contributed by atoms with Crippen molar-refractivity contribution in [1.29, 1.82) is 5.26 Å². The first-order chi connectivity index (χ1) is 12.3. The summed E-state index contributed by atoms with van der Waals surface area (Å²) in [6.45, 7) is 0. The minimum atomic E-state index is -3.31. The smallest absolute Gasteiger partial charge is 0.338 e. The van der Waals surface area contributed by atoms with Gasteiger partial charge in [0.05, 0.1) is 28.3 Å². The predicted octanol–water partition coefficient (Wildman–Crippen LogP) is 1.91. The lowest BCUT2D eigenvalue weighted by atomic mass is 10.0. The molecule has 0 aliphatic heterocycles. The van der Waals surface area contributed by atoms with Crippen LogP contribution in [0.1, 0.15) is 15.9 Å². The predicted molar refractivity (Wildman–Crippen MR) is 91.6 cm³/mol. The van der Waals surface area contributed by atoms with E-state index in [0.717, 1.165) is 6.26 Å². The summed E-state index contributed by atoms with van der Waals surface area (Å²) < 4.78 is 24.3. The summed E-state index contributed by atoms with van der Waals surface area (Å²) in [6, 6.07) is 9.68. The zero-order valence-electron chi connectivity index (χ0n) is 13.5. The maximum atomic E-state index is 11.5. The summed E-state index contributed by atoms with van der Waals surface area (Å²) in [5.41, 5.74) is 1.47. The van der Waals surface area contributed by atoms with Crippen LogP contribution in [0.3, 0.4) is 0 Å². The molecule has 0 unspecified atom stereocenters. The number of hydrogen-bond acceptors (Lipinski definition) is 6. The highest BCUT2D eigenvalue weighted by Gasteiger charge is 2.13. The van der Waals surface area contributed by atoms with Gasteiger partial charge in [0, 0.05) is 30.3 Å². The number of sulfone groups is 1. The van der Waals surface area contributed by atoms with E-state index >= 15 is 0 Å². The van der Waals surface area contributed by atoms with Crippen LogP contribution in [0.5, 0.6) is 0 Å². The lowest BCUT2D eigenvalue weighted by Gasteiger charge is -2.07. The molecular formula is C17H12N4O4S. The Morgan fingerprint density at radius 3 is 2.46 bits per heavy atom.